The van der Waals surface area contributed by atoms with Crippen molar-refractivity contribution in [1.29, 1.82) is 0 Å². The fraction of sp³-hybridized carbons (Fsp3) is 0.0667. The summed E-state index contributed by atoms with van der Waals surface area (Å²) in [6.45, 7) is 0. The van der Waals surface area contributed by atoms with Gasteiger partial charge in [-0.2, -0.15) is 0 Å². The molecule has 0 aliphatic heterocycles. The third-order valence-electron chi connectivity index (χ3n) is 3.10. The zero-order valence-corrected chi connectivity index (χ0v) is 12.9. The van der Waals surface area contributed by atoms with Crippen LogP contribution in [0.2, 0.25) is 0 Å². The van der Waals surface area contributed by atoms with Crippen LogP contribution < -0.4 is 4.74 Å². The minimum atomic E-state index is 0.880. The third-order valence-corrected chi connectivity index (χ3v) is 4.78. The van der Waals surface area contributed by atoms with Gasteiger partial charge in [0.05, 0.1) is 7.11 Å². The zero-order valence-electron chi connectivity index (χ0n) is 9.71. The van der Waals surface area contributed by atoms with Crippen LogP contribution in [-0.2, 0) is 0 Å². The standard InChI is InChI=1S/C15H10Br2O/c1-18-12-8-4-7-11-13(12)15(17)10-6-3-2-5-9(10)14(11)16/h2-8H,1H3. The average molecular weight is 366 g/mol. The Bertz CT molecular complexity index is 750. The molecule has 0 aromatic heterocycles. The highest BCUT2D eigenvalue weighted by Crippen LogP contribution is 2.42. The van der Waals surface area contributed by atoms with Crippen molar-refractivity contribution >= 4 is 53.4 Å². The molecule has 3 aromatic carbocycles. The summed E-state index contributed by atoms with van der Waals surface area (Å²) in [5.74, 6) is 0.880. The summed E-state index contributed by atoms with van der Waals surface area (Å²) in [4.78, 5) is 0. The Morgan fingerprint density at radius 3 is 2.06 bits per heavy atom. The molecule has 0 heterocycles. The molecule has 0 aliphatic carbocycles. The second-order valence-electron chi connectivity index (χ2n) is 4.06. The lowest BCUT2D eigenvalue weighted by atomic mass is 10.0. The average Bonchev–Trinajstić information content (AvgIpc) is 2.44. The van der Waals surface area contributed by atoms with Gasteiger partial charge in [0.15, 0.2) is 0 Å². The molecule has 0 atom stereocenters. The third kappa shape index (κ3) is 1.65. The summed E-state index contributed by atoms with van der Waals surface area (Å²) < 4.78 is 7.65. The van der Waals surface area contributed by atoms with Crippen LogP contribution in [0.3, 0.4) is 0 Å². The van der Waals surface area contributed by atoms with Gasteiger partial charge < -0.3 is 4.74 Å². The lowest BCUT2D eigenvalue weighted by Crippen LogP contribution is -1.88. The van der Waals surface area contributed by atoms with Gasteiger partial charge in [-0.3, -0.25) is 0 Å². The van der Waals surface area contributed by atoms with E-state index < -0.39 is 0 Å². The highest BCUT2D eigenvalue weighted by Gasteiger charge is 2.13. The fourth-order valence-corrected chi connectivity index (χ4v) is 3.69. The molecule has 0 N–H and O–H groups in total. The lowest BCUT2D eigenvalue weighted by molar-refractivity contribution is 0.419. The normalized spacial score (nSPS) is 11.1. The van der Waals surface area contributed by atoms with E-state index in [4.69, 9.17) is 4.74 Å². The van der Waals surface area contributed by atoms with Crippen LogP contribution in [0.15, 0.2) is 51.4 Å². The van der Waals surface area contributed by atoms with E-state index in [2.05, 4.69) is 50.1 Å². The summed E-state index contributed by atoms with van der Waals surface area (Å²) >= 11 is 7.41. The van der Waals surface area contributed by atoms with E-state index in [9.17, 15) is 0 Å². The van der Waals surface area contributed by atoms with Crippen LogP contribution in [0, 0.1) is 0 Å². The van der Waals surface area contributed by atoms with E-state index in [1.54, 1.807) is 7.11 Å². The predicted molar refractivity (Wildman–Crippen MR) is 83.4 cm³/mol. The van der Waals surface area contributed by atoms with Crippen LogP contribution in [0.25, 0.3) is 21.5 Å². The van der Waals surface area contributed by atoms with Crippen LogP contribution in [0.1, 0.15) is 0 Å². The Morgan fingerprint density at radius 1 is 0.778 bits per heavy atom. The van der Waals surface area contributed by atoms with E-state index in [0.29, 0.717) is 0 Å². The maximum absolute atomic E-state index is 5.46. The van der Waals surface area contributed by atoms with Gasteiger partial charge in [-0.25, -0.2) is 0 Å². The SMILES string of the molecule is COc1cccc2c(Br)c3ccccc3c(Br)c12. The van der Waals surface area contributed by atoms with Gasteiger partial charge in [0.1, 0.15) is 5.75 Å². The van der Waals surface area contributed by atoms with Crippen molar-refractivity contribution in [2.45, 2.75) is 0 Å². The fourth-order valence-electron chi connectivity index (χ4n) is 2.26. The molecule has 3 aromatic rings. The lowest BCUT2D eigenvalue weighted by Gasteiger charge is -2.12. The number of halogens is 2. The smallest absolute Gasteiger partial charge is 0.127 e. The van der Waals surface area contributed by atoms with Crippen LogP contribution >= 0.6 is 31.9 Å². The highest BCUT2D eigenvalue weighted by atomic mass is 79.9. The van der Waals surface area contributed by atoms with Gasteiger partial charge in [-0.05, 0) is 48.7 Å². The van der Waals surface area contributed by atoms with Gasteiger partial charge >= 0.3 is 0 Å². The molecule has 0 saturated carbocycles. The molecule has 90 valence electrons. The van der Waals surface area contributed by atoms with Crippen molar-refractivity contribution in [1.82, 2.24) is 0 Å². The minimum Gasteiger partial charge on any atom is -0.496 e. The quantitative estimate of drug-likeness (QED) is 0.515. The Labute approximate surface area is 122 Å². The van der Waals surface area contributed by atoms with Gasteiger partial charge in [-0.15, -0.1) is 0 Å². The number of rotatable bonds is 1. The van der Waals surface area contributed by atoms with Crippen LogP contribution in [-0.4, -0.2) is 7.11 Å². The van der Waals surface area contributed by atoms with Gasteiger partial charge in [0.25, 0.3) is 0 Å². The van der Waals surface area contributed by atoms with E-state index in [0.717, 1.165) is 25.5 Å². The van der Waals surface area contributed by atoms with Crippen molar-refractivity contribution < 1.29 is 4.74 Å². The first kappa shape index (κ1) is 12.0. The Kier molecular flexibility index (Phi) is 3.04. The van der Waals surface area contributed by atoms with Gasteiger partial charge in [0.2, 0.25) is 0 Å². The molecule has 3 rings (SSSR count). The minimum absolute atomic E-state index is 0.880. The maximum atomic E-state index is 5.46. The molecule has 0 aliphatic rings. The summed E-state index contributed by atoms with van der Waals surface area (Å²) in [6, 6.07) is 14.4. The van der Waals surface area contributed by atoms with Crippen molar-refractivity contribution in [3.8, 4) is 5.75 Å². The molecule has 1 nitrogen and oxygen atoms in total. The molecule has 0 amide bonds. The monoisotopic (exact) mass is 364 g/mol. The van der Waals surface area contributed by atoms with Crippen LogP contribution in [0.4, 0.5) is 0 Å². The number of hydrogen-bond acceptors (Lipinski definition) is 1. The Balaban J connectivity index is 2.63. The molecule has 0 saturated heterocycles. The number of fused-ring (bicyclic) bond motifs is 2. The van der Waals surface area contributed by atoms with E-state index >= 15 is 0 Å². The maximum Gasteiger partial charge on any atom is 0.127 e. The first-order chi connectivity index (χ1) is 8.74. The number of ether oxygens (including phenoxy) is 1. The van der Waals surface area contributed by atoms with Gasteiger partial charge in [-0.1, -0.05) is 36.4 Å². The Hall–Kier alpha value is -1.06. The molecular weight excluding hydrogens is 356 g/mol. The van der Waals surface area contributed by atoms with Crippen molar-refractivity contribution in [2.75, 3.05) is 7.11 Å². The summed E-state index contributed by atoms with van der Waals surface area (Å²) in [5, 5.41) is 4.64. The van der Waals surface area contributed by atoms with Crippen molar-refractivity contribution in [2.24, 2.45) is 0 Å². The van der Waals surface area contributed by atoms with Crippen molar-refractivity contribution in [3.05, 3.63) is 51.4 Å². The highest BCUT2D eigenvalue weighted by molar-refractivity contribution is 9.11. The van der Waals surface area contributed by atoms with Crippen molar-refractivity contribution in [3.63, 3.8) is 0 Å². The van der Waals surface area contributed by atoms with E-state index in [-0.39, 0.29) is 0 Å². The molecule has 18 heavy (non-hydrogen) atoms. The molecule has 0 radical (unpaired) electrons. The zero-order chi connectivity index (χ0) is 12.7. The van der Waals surface area contributed by atoms with E-state index in [1.165, 1.54) is 10.8 Å². The summed E-state index contributed by atoms with van der Waals surface area (Å²) in [6.07, 6.45) is 0. The molecule has 0 spiro atoms. The largest absolute Gasteiger partial charge is 0.496 e. The molecule has 0 bridgehead atoms. The Morgan fingerprint density at radius 2 is 1.39 bits per heavy atom. The molecule has 0 unspecified atom stereocenters. The second-order valence-corrected chi connectivity index (χ2v) is 5.64. The van der Waals surface area contributed by atoms with E-state index in [1.807, 2.05) is 24.3 Å². The first-order valence-electron chi connectivity index (χ1n) is 5.56. The predicted octanol–water partition coefficient (Wildman–Crippen LogP) is 5.53. The summed E-state index contributed by atoms with van der Waals surface area (Å²) in [5.41, 5.74) is 0. The topological polar surface area (TPSA) is 9.23 Å². The molecule has 3 heteroatoms. The molecule has 0 fully saturated rings. The second kappa shape index (κ2) is 4.56. The number of benzene rings is 3. The number of hydrogen-bond donors (Lipinski definition) is 0. The first-order valence-corrected chi connectivity index (χ1v) is 7.15. The number of methoxy groups -OCH3 is 1. The van der Waals surface area contributed by atoms with Gasteiger partial charge in [0, 0.05) is 19.7 Å². The summed E-state index contributed by atoms with van der Waals surface area (Å²) in [7, 11) is 1.70. The molecular formula is C15H10Br2O. The van der Waals surface area contributed by atoms with Crippen LogP contribution in [0.5, 0.6) is 5.75 Å².